The summed E-state index contributed by atoms with van der Waals surface area (Å²) < 4.78 is 11.2. The van der Waals surface area contributed by atoms with Gasteiger partial charge in [-0.3, -0.25) is 0 Å². The van der Waals surface area contributed by atoms with Crippen molar-refractivity contribution in [3.8, 4) is 0 Å². The molecule has 1 N–H and O–H groups in total. The van der Waals surface area contributed by atoms with Crippen molar-refractivity contribution in [1.82, 2.24) is 5.32 Å². The Morgan fingerprint density at radius 1 is 1.19 bits per heavy atom. The van der Waals surface area contributed by atoms with E-state index < -0.39 is 17.3 Å². The van der Waals surface area contributed by atoms with Crippen LogP contribution in [0.1, 0.15) is 60.8 Å². The van der Waals surface area contributed by atoms with Crippen molar-refractivity contribution in [2.75, 3.05) is 18.5 Å². The second-order valence-corrected chi connectivity index (χ2v) is 7.74. The Balaban J connectivity index is 4.02. The summed E-state index contributed by atoms with van der Waals surface area (Å²) in [5, 5.41) is 3.44. The number of rotatable bonds is 9. The van der Waals surface area contributed by atoms with Gasteiger partial charge >= 0.3 is 6.09 Å². The first-order valence-electron chi connectivity index (χ1n) is 7.75. The molecular formula is C16H32BrNO3. The van der Waals surface area contributed by atoms with Crippen LogP contribution >= 0.6 is 15.9 Å². The third-order valence-electron chi connectivity index (χ3n) is 2.91. The average Bonchev–Trinajstić information content (AvgIpc) is 2.33. The number of ether oxygens (including phenoxy) is 2. The molecule has 0 spiro atoms. The van der Waals surface area contributed by atoms with Crippen LogP contribution in [0.3, 0.4) is 0 Å². The molecule has 0 heterocycles. The minimum atomic E-state index is -0.480. The molecule has 0 fully saturated rings. The van der Waals surface area contributed by atoms with Crippen LogP contribution in [0.4, 0.5) is 4.79 Å². The number of halogens is 1. The summed E-state index contributed by atoms with van der Waals surface area (Å²) in [6.07, 6.45) is 3.05. The second-order valence-electron chi connectivity index (χ2n) is 7.18. The monoisotopic (exact) mass is 365 g/mol. The standard InChI is InChI=1S/C16H32BrNO3/c1-13(2)9-7-8-10-20-16(6,11-17)12-18-14(19)21-15(3,4)5/h13H,7-12H2,1-6H3,(H,18,19). The van der Waals surface area contributed by atoms with E-state index in [-0.39, 0.29) is 0 Å². The predicted molar refractivity (Wildman–Crippen MR) is 91.1 cm³/mol. The van der Waals surface area contributed by atoms with E-state index in [1.807, 2.05) is 27.7 Å². The molecule has 1 atom stereocenters. The lowest BCUT2D eigenvalue weighted by Gasteiger charge is -2.29. The molecule has 0 aromatic carbocycles. The van der Waals surface area contributed by atoms with Gasteiger partial charge in [0.05, 0.1) is 12.1 Å². The van der Waals surface area contributed by atoms with Gasteiger partial charge in [0.25, 0.3) is 0 Å². The molecule has 0 saturated carbocycles. The van der Waals surface area contributed by atoms with E-state index in [0.717, 1.165) is 12.3 Å². The number of carbonyl (C=O) groups excluding carboxylic acids is 1. The zero-order chi connectivity index (χ0) is 16.5. The van der Waals surface area contributed by atoms with Crippen molar-refractivity contribution in [1.29, 1.82) is 0 Å². The lowest BCUT2D eigenvalue weighted by Crippen LogP contribution is -2.45. The molecule has 0 aromatic heterocycles. The summed E-state index contributed by atoms with van der Waals surface area (Å²) in [5.74, 6) is 0.737. The highest BCUT2D eigenvalue weighted by atomic mass is 79.9. The minimum Gasteiger partial charge on any atom is -0.444 e. The van der Waals surface area contributed by atoms with Crippen LogP contribution < -0.4 is 5.32 Å². The molecule has 0 aliphatic heterocycles. The zero-order valence-electron chi connectivity index (χ0n) is 14.4. The van der Waals surface area contributed by atoms with Crippen molar-refractivity contribution in [2.45, 2.75) is 72.0 Å². The van der Waals surface area contributed by atoms with Crippen LogP contribution in [-0.4, -0.2) is 35.8 Å². The molecule has 0 aliphatic carbocycles. The Kier molecular flexibility index (Phi) is 9.54. The zero-order valence-corrected chi connectivity index (χ0v) is 16.0. The SMILES string of the molecule is CC(C)CCCCOC(C)(CBr)CNC(=O)OC(C)(C)C. The van der Waals surface area contributed by atoms with Crippen LogP contribution in [0.25, 0.3) is 0 Å². The number of alkyl carbamates (subject to hydrolysis) is 1. The number of unbranched alkanes of at least 4 members (excludes halogenated alkanes) is 1. The van der Waals surface area contributed by atoms with E-state index in [9.17, 15) is 4.79 Å². The van der Waals surface area contributed by atoms with E-state index in [1.54, 1.807) is 0 Å². The normalized spacial score (nSPS) is 14.9. The summed E-state index contributed by atoms with van der Waals surface area (Å²) in [4.78, 5) is 11.7. The van der Waals surface area contributed by atoms with Gasteiger partial charge in [0.1, 0.15) is 5.60 Å². The maximum absolute atomic E-state index is 11.7. The minimum absolute atomic E-state index is 0.405. The van der Waals surface area contributed by atoms with E-state index in [4.69, 9.17) is 9.47 Å². The molecule has 5 heteroatoms. The van der Waals surface area contributed by atoms with Gasteiger partial charge in [-0.25, -0.2) is 4.79 Å². The Bertz CT molecular complexity index is 302. The number of hydrogen-bond donors (Lipinski definition) is 1. The Hall–Kier alpha value is -0.290. The molecule has 1 amide bonds. The quantitative estimate of drug-likeness (QED) is 0.483. The molecule has 1 unspecified atom stereocenters. The summed E-state index contributed by atoms with van der Waals surface area (Å²) in [5.41, 5.74) is -0.888. The van der Waals surface area contributed by atoms with Crippen molar-refractivity contribution < 1.29 is 14.3 Å². The van der Waals surface area contributed by atoms with Crippen LogP contribution in [0.2, 0.25) is 0 Å². The predicted octanol–water partition coefficient (Wildman–Crippen LogP) is 4.51. The van der Waals surface area contributed by atoms with Crippen LogP contribution in [0.5, 0.6) is 0 Å². The van der Waals surface area contributed by atoms with Crippen molar-refractivity contribution in [2.24, 2.45) is 5.92 Å². The molecule has 126 valence electrons. The third-order valence-corrected chi connectivity index (χ3v) is 4.10. The number of nitrogens with one attached hydrogen (secondary N) is 1. The van der Waals surface area contributed by atoms with Gasteiger partial charge in [0.2, 0.25) is 0 Å². The van der Waals surface area contributed by atoms with Gasteiger partial charge in [0, 0.05) is 11.9 Å². The molecule has 21 heavy (non-hydrogen) atoms. The highest BCUT2D eigenvalue weighted by Crippen LogP contribution is 2.15. The van der Waals surface area contributed by atoms with Crippen molar-refractivity contribution in [3.63, 3.8) is 0 Å². The van der Waals surface area contributed by atoms with E-state index in [2.05, 4.69) is 35.1 Å². The van der Waals surface area contributed by atoms with Crippen LogP contribution in [0, 0.1) is 5.92 Å². The fraction of sp³-hybridized carbons (Fsp3) is 0.938. The van der Waals surface area contributed by atoms with Crippen LogP contribution in [-0.2, 0) is 9.47 Å². The lowest BCUT2D eigenvalue weighted by molar-refractivity contribution is -0.0168. The third kappa shape index (κ3) is 12.0. The largest absolute Gasteiger partial charge is 0.444 e. The first kappa shape index (κ1) is 20.7. The van der Waals surface area contributed by atoms with E-state index >= 15 is 0 Å². The summed E-state index contributed by atoms with van der Waals surface area (Å²) >= 11 is 3.46. The molecule has 4 nitrogen and oxygen atoms in total. The first-order chi connectivity index (χ1) is 9.58. The highest BCUT2D eigenvalue weighted by Gasteiger charge is 2.26. The average molecular weight is 366 g/mol. The number of alkyl halides is 1. The van der Waals surface area contributed by atoms with Gasteiger partial charge in [-0.2, -0.15) is 0 Å². The van der Waals surface area contributed by atoms with Gasteiger partial charge in [-0.1, -0.05) is 42.6 Å². The summed E-state index contributed by atoms with van der Waals surface area (Å²) in [6, 6.07) is 0. The van der Waals surface area contributed by atoms with Gasteiger partial charge in [-0.15, -0.1) is 0 Å². The summed E-state index contributed by atoms with van der Waals surface area (Å²) in [6.45, 7) is 13.1. The van der Waals surface area contributed by atoms with Gasteiger partial charge in [0.15, 0.2) is 0 Å². The number of carbonyl (C=O) groups is 1. The van der Waals surface area contributed by atoms with Gasteiger partial charge in [-0.05, 0) is 40.0 Å². The van der Waals surface area contributed by atoms with Crippen molar-refractivity contribution in [3.05, 3.63) is 0 Å². The van der Waals surface area contributed by atoms with Crippen molar-refractivity contribution >= 4 is 22.0 Å². The molecule has 0 aromatic rings. The maximum atomic E-state index is 11.7. The van der Waals surface area contributed by atoms with E-state index in [0.29, 0.717) is 18.5 Å². The fourth-order valence-corrected chi connectivity index (χ4v) is 2.04. The first-order valence-corrected chi connectivity index (χ1v) is 8.87. The highest BCUT2D eigenvalue weighted by molar-refractivity contribution is 9.09. The number of amides is 1. The maximum Gasteiger partial charge on any atom is 0.407 e. The molecule has 0 bridgehead atoms. The Morgan fingerprint density at radius 3 is 2.29 bits per heavy atom. The Morgan fingerprint density at radius 2 is 1.81 bits per heavy atom. The van der Waals surface area contributed by atoms with E-state index in [1.165, 1.54) is 12.8 Å². The molecular weight excluding hydrogens is 334 g/mol. The summed E-state index contributed by atoms with van der Waals surface area (Å²) in [7, 11) is 0. The molecule has 0 aliphatic rings. The molecule has 0 saturated heterocycles. The van der Waals surface area contributed by atoms with Gasteiger partial charge < -0.3 is 14.8 Å². The smallest absolute Gasteiger partial charge is 0.407 e. The molecule has 0 radical (unpaired) electrons. The second kappa shape index (κ2) is 9.67. The Labute approximate surface area is 138 Å². The lowest BCUT2D eigenvalue weighted by atomic mass is 10.1. The van der Waals surface area contributed by atoms with Crippen LogP contribution in [0.15, 0.2) is 0 Å². The number of hydrogen-bond acceptors (Lipinski definition) is 3. The topological polar surface area (TPSA) is 47.6 Å². The fourth-order valence-electron chi connectivity index (χ4n) is 1.68. The molecule has 0 rings (SSSR count).